The molecule has 0 aliphatic carbocycles. The number of carbonyl (C=O) groups excluding carboxylic acids is 1. The molecule has 8 nitrogen and oxygen atoms in total. The monoisotopic (exact) mass is 372 g/mol. The molecule has 0 aliphatic heterocycles. The fraction of sp³-hybridized carbons (Fsp3) is 0.111. The molecule has 0 bridgehead atoms. The highest BCUT2D eigenvalue weighted by atomic mass is 19.1. The van der Waals surface area contributed by atoms with E-state index in [9.17, 15) is 19.3 Å². The fourth-order valence-corrected chi connectivity index (χ4v) is 2.16. The molecular weight excluding hydrogens is 359 g/mol. The molecule has 0 saturated heterocycles. The minimum Gasteiger partial charge on any atom is -0.475 e. The normalized spacial score (nSPS) is 10.4. The first-order valence-electron chi connectivity index (χ1n) is 7.75. The maximum Gasteiger partial charge on any atom is 0.344 e. The number of carbonyl (C=O) groups is 1. The first-order chi connectivity index (χ1) is 13.0. The Labute approximate surface area is 152 Å². The standard InChI is InChI=1S/C18H13FN2O6/c19-13-7-5-12(6-8-13)18-20-14(10-27-18)9-26-17(22)11-25-16-4-2-1-3-15(16)21(23)24/h1-8,10H,9,11H2. The second-order valence-electron chi connectivity index (χ2n) is 5.33. The van der Waals surface area contributed by atoms with Crippen LogP contribution < -0.4 is 4.74 Å². The molecule has 0 aliphatic rings. The first kappa shape index (κ1) is 18.1. The molecule has 0 N–H and O–H groups in total. The molecule has 0 spiro atoms. The summed E-state index contributed by atoms with van der Waals surface area (Å²) in [5, 5.41) is 10.9. The number of nitro benzene ring substituents is 1. The summed E-state index contributed by atoms with van der Waals surface area (Å²) >= 11 is 0. The van der Waals surface area contributed by atoms with Crippen molar-refractivity contribution in [1.82, 2.24) is 4.98 Å². The molecule has 27 heavy (non-hydrogen) atoms. The summed E-state index contributed by atoms with van der Waals surface area (Å²) in [6, 6.07) is 11.3. The van der Waals surface area contributed by atoms with E-state index in [-0.39, 0.29) is 29.8 Å². The van der Waals surface area contributed by atoms with Crippen molar-refractivity contribution >= 4 is 11.7 Å². The average molecular weight is 372 g/mol. The van der Waals surface area contributed by atoms with Crippen LogP contribution in [0.5, 0.6) is 5.75 Å². The Balaban J connectivity index is 1.53. The van der Waals surface area contributed by atoms with Gasteiger partial charge >= 0.3 is 11.7 Å². The summed E-state index contributed by atoms with van der Waals surface area (Å²) < 4.78 is 28.3. The van der Waals surface area contributed by atoms with Crippen LogP contribution in [-0.4, -0.2) is 22.5 Å². The van der Waals surface area contributed by atoms with Crippen LogP contribution in [0, 0.1) is 15.9 Å². The Kier molecular flexibility index (Phi) is 5.41. The number of para-hydroxylation sites is 2. The van der Waals surface area contributed by atoms with Crippen LogP contribution in [0.3, 0.4) is 0 Å². The third-order valence-corrected chi connectivity index (χ3v) is 3.43. The zero-order chi connectivity index (χ0) is 19.2. The lowest BCUT2D eigenvalue weighted by atomic mass is 10.2. The van der Waals surface area contributed by atoms with Gasteiger partial charge in [0, 0.05) is 11.6 Å². The van der Waals surface area contributed by atoms with E-state index in [1.807, 2.05) is 0 Å². The van der Waals surface area contributed by atoms with E-state index in [1.165, 1.54) is 48.7 Å². The van der Waals surface area contributed by atoms with Gasteiger partial charge in [-0.1, -0.05) is 12.1 Å². The number of nitro groups is 1. The largest absolute Gasteiger partial charge is 0.475 e. The lowest BCUT2D eigenvalue weighted by molar-refractivity contribution is -0.385. The van der Waals surface area contributed by atoms with Crippen LogP contribution in [0.2, 0.25) is 0 Å². The van der Waals surface area contributed by atoms with Crippen molar-refractivity contribution in [2.45, 2.75) is 6.61 Å². The van der Waals surface area contributed by atoms with Crippen molar-refractivity contribution in [2.75, 3.05) is 6.61 Å². The van der Waals surface area contributed by atoms with Gasteiger partial charge in [0.15, 0.2) is 12.4 Å². The number of oxazole rings is 1. The van der Waals surface area contributed by atoms with Crippen molar-refractivity contribution in [2.24, 2.45) is 0 Å². The second kappa shape index (κ2) is 8.09. The van der Waals surface area contributed by atoms with Gasteiger partial charge in [-0.25, -0.2) is 14.2 Å². The lowest BCUT2D eigenvalue weighted by Gasteiger charge is -2.06. The molecule has 3 rings (SSSR count). The molecule has 0 radical (unpaired) electrons. The molecule has 0 saturated carbocycles. The van der Waals surface area contributed by atoms with E-state index in [4.69, 9.17) is 13.9 Å². The summed E-state index contributed by atoms with van der Waals surface area (Å²) in [7, 11) is 0. The molecule has 0 atom stereocenters. The molecule has 138 valence electrons. The molecule has 0 unspecified atom stereocenters. The quantitative estimate of drug-likeness (QED) is 0.355. The van der Waals surface area contributed by atoms with E-state index < -0.39 is 17.5 Å². The predicted octanol–water partition coefficient (Wildman–Crippen LogP) is 3.51. The number of halogens is 1. The van der Waals surface area contributed by atoms with Crippen LogP contribution in [0.25, 0.3) is 11.5 Å². The average Bonchev–Trinajstić information content (AvgIpc) is 3.14. The Morgan fingerprint density at radius 2 is 1.93 bits per heavy atom. The number of esters is 1. The highest BCUT2D eigenvalue weighted by Gasteiger charge is 2.16. The minimum absolute atomic E-state index is 0.0283. The first-order valence-corrected chi connectivity index (χ1v) is 7.75. The molecule has 0 fully saturated rings. The number of hydrogen-bond donors (Lipinski definition) is 0. The van der Waals surface area contributed by atoms with Gasteiger partial charge in [0.2, 0.25) is 5.89 Å². The summed E-state index contributed by atoms with van der Waals surface area (Å²) in [5.41, 5.74) is 0.688. The third kappa shape index (κ3) is 4.66. The Morgan fingerprint density at radius 3 is 2.67 bits per heavy atom. The Morgan fingerprint density at radius 1 is 1.19 bits per heavy atom. The predicted molar refractivity (Wildman–Crippen MR) is 90.3 cm³/mol. The Bertz CT molecular complexity index is 954. The number of hydrogen-bond acceptors (Lipinski definition) is 7. The maximum atomic E-state index is 12.9. The summed E-state index contributed by atoms with van der Waals surface area (Å²) in [6.45, 7) is -0.655. The Hall–Kier alpha value is -3.75. The summed E-state index contributed by atoms with van der Waals surface area (Å²) in [5.74, 6) is -0.866. The van der Waals surface area contributed by atoms with E-state index in [2.05, 4.69) is 4.98 Å². The summed E-state index contributed by atoms with van der Waals surface area (Å²) in [6.07, 6.45) is 1.31. The molecule has 2 aromatic carbocycles. The van der Waals surface area contributed by atoms with Crippen LogP contribution in [0.15, 0.2) is 59.2 Å². The van der Waals surface area contributed by atoms with Crippen LogP contribution in [-0.2, 0) is 16.1 Å². The summed E-state index contributed by atoms with van der Waals surface area (Å²) in [4.78, 5) is 26.2. The van der Waals surface area contributed by atoms with Crippen molar-refractivity contribution in [3.63, 3.8) is 0 Å². The fourth-order valence-electron chi connectivity index (χ4n) is 2.16. The highest BCUT2D eigenvalue weighted by molar-refractivity contribution is 5.71. The molecule has 3 aromatic rings. The van der Waals surface area contributed by atoms with Gasteiger partial charge in [-0.2, -0.15) is 0 Å². The highest BCUT2D eigenvalue weighted by Crippen LogP contribution is 2.25. The smallest absolute Gasteiger partial charge is 0.344 e. The molecular formula is C18H13FN2O6. The van der Waals surface area contributed by atoms with Gasteiger partial charge in [-0.15, -0.1) is 0 Å². The number of rotatable bonds is 7. The van der Waals surface area contributed by atoms with Gasteiger partial charge < -0.3 is 13.9 Å². The molecule has 1 aromatic heterocycles. The van der Waals surface area contributed by atoms with Gasteiger partial charge in [-0.05, 0) is 30.3 Å². The van der Waals surface area contributed by atoms with Crippen molar-refractivity contribution in [3.05, 3.63) is 76.4 Å². The molecule has 0 amide bonds. The zero-order valence-corrected chi connectivity index (χ0v) is 13.8. The van der Waals surface area contributed by atoms with Crippen molar-refractivity contribution < 1.29 is 28.0 Å². The van der Waals surface area contributed by atoms with Gasteiger partial charge in [0.1, 0.15) is 24.4 Å². The van der Waals surface area contributed by atoms with E-state index >= 15 is 0 Å². The number of benzene rings is 2. The third-order valence-electron chi connectivity index (χ3n) is 3.43. The lowest BCUT2D eigenvalue weighted by Crippen LogP contribution is -2.15. The zero-order valence-electron chi connectivity index (χ0n) is 13.8. The molecule has 1 heterocycles. The number of ether oxygens (including phenoxy) is 2. The van der Waals surface area contributed by atoms with E-state index in [1.54, 1.807) is 6.07 Å². The van der Waals surface area contributed by atoms with E-state index in [0.717, 1.165) is 0 Å². The van der Waals surface area contributed by atoms with Gasteiger partial charge in [0.05, 0.1) is 4.92 Å². The van der Waals surface area contributed by atoms with Crippen LogP contribution >= 0.6 is 0 Å². The number of nitrogens with zero attached hydrogens (tertiary/aromatic N) is 2. The van der Waals surface area contributed by atoms with Gasteiger partial charge in [0.25, 0.3) is 0 Å². The van der Waals surface area contributed by atoms with Crippen molar-refractivity contribution in [1.29, 1.82) is 0 Å². The second-order valence-corrected chi connectivity index (χ2v) is 5.33. The minimum atomic E-state index is -0.723. The topological polar surface area (TPSA) is 105 Å². The van der Waals surface area contributed by atoms with Gasteiger partial charge in [-0.3, -0.25) is 10.1 Å². The van der Waals surface area contributed by atoms with Crippen LogP contribution in [0.4, 0.5) is 10.1 Å². The SMILES string of the molecule is O=C(COc1ccccc1[N+](=O)[O-])OCc1coc(-c2ccc(F)cc2)n1. The van der Waals surface area contributed by atoms with E-state index in [0.29, 0.717) is 11.3 Å². The molecule has 9 heteroatoms. The van der Waals surface area contributed by atoms with Crippen molar-refractivity contribution in [3.8, 4) is 17.2 Å². The number of aromatic nitrogens is 1. The maximum absolute atomic E-state index is 12.9. The van der Waals surface area contributed by atoms with Crippen LogP contribution in [0.1, 0.15) is 5.69 Å².